The van der Waals surface area contributed by atoms with Crippen molar-refractivity contribution in [3.05, 3.63) is 64.3 Å². The quantitative estimate of drug-likeness (QED) is 0.216. The van der Waals surface area contributed by atoms with Crippen LogP contribution in [-0.2, 0) is 12.8 Å². The molecule has 0 spiro atoms. The third-order valence-corrected chi connectivity index (χ3v) is 8.29. The lowest BCUT2D eigenvalue weighted by Crippen LogP contribution is -2.40. The maximum Gasteiger partial charge on any atom is 0.573 e. The largest absolute Gasteiger partial charge is 0.573 e. The molecular formula is C33H40F3N7O3. The summed E-state index contributed by atoms with van der Waals surface area (Å²) in [6.45, 7) is 3.67. The molecule has 0 bridgehead atoms. The second-order valence-corrected chi connectivity index (χ2v) is 12.2. The molecular weight excluding hydrogens is 599 g/mol. The van der Waals surface area contributed by atoms with Gasteiger partial charge < -0.3 is 30.9 Å². The Labute approximate surface area is 266 Å². The molecule has 0 atom stereocenters. The van der Waals surface area contributed by atoms with Gasteiger partial charge in [0.15, 0.2) is 0 Å². The van der Waals surface area contributed by atoms with Gasteiger partial charge in [0.2, 0.25) is 5.95 Å². The molecule has 0 aliphatic heterocycles. The molecule has 1 heterocycles. The number of urea groups is 1. The topological polar surface area (TPSA) is 121 Å². The van der Waals surface area contributed by atoms with Gasteiger partial charge in [-0.15, -0.1) is 13.2 Å². The number of aryl methyl sites for hydroxylation is 3. The van der Waals surface area contributed by atoms with Crippen molar-refractivity contribution < 1.29 is 27.5 Å². The maximum atomic E-state index is 13.5. The molecule has 0 radical (unpaired) electrons. The van der Waals surface area contributed by atoms with Crippen molar-refractivity contribution in [2.75, 3.05) is 34.9 Å². The molecule has 5 rings (SSSR count). The van der Waals surface area contributed by atoms with E-state index in [9.17, 15) is 22.8 Å². The van der Waals surface area contributed by atoms with E-state index >= 15 is 0 Å². The molecule has 3 amide bonds. The average Bonchev–Trinajstić information content (AvgIpc) is 2.99. The van der Waals surface area contributed by atoms with Crippen molar-refractivity contribution in [1.29, 1.82) is 0 Å². The number of nitrogens with one attached hydrogen (secondary N) is 4. The van der Waals surface area contributed by atoms with Gasteiger partial charge in [0.25, 0.3) is 5.91 Å². The number of fused-ring (bicyclic) bond motifs is 1. The molecule has 1 fully saturated rings. The number of anilines is 4. The van der Waals surface area contributed by atoms with Crippen molar-refractivity contribution in [3.8, 4) is 5.75 Å². The Morgan fingerprint density at radius 3 is 2.26 bits per heavy atom. The van der Waals surface area contributed by atoms with Crippen LogP contribution in [0.15, 0.2) is 36.4 Å². The molecule has 4 N–H and O–H groups in total. The normalized spacial score (nSPS) is 17.8. The molecule has 0 unspecified atom stereocenters. The van der Waals surface area contributed by atoms with Crippen LogP contribution in [0.5, 0.6) is 5.75 Å². The van der Waals surface area contributed by atoms with Gasteiger partial charge in [-0.1, -0.05) is 6.07 Å². The minimum absolute atomic E-state index is 0.0349. The number of nitrogens with zero attached hydrogens (tertiary/aromatic N) is 3. The number of halogens is 3. The van der Waals surface area contributed by atoms with Gasteiger partial charge in [0, 0.05) is 37.4 Å². The molecule has 46 heavy (non-hydrogen) atoms. The number of hydrogen-bond acceptors (Lipinski definition) is 7. The van der Waals surface area contributed by atoms with Gasteiger partial charge in [-0.05, 0) is 107 Å². The fourth-order valence-electron chi connectivity index (χ4n) is 6.16. The van der Waals surface area contributed by atoms with E-state index in [-0.39, 0.29) is 23.7 Å². The Bertz CT molecular complexity index is 1570. The number of rotatable bonds is 8. The third kappa shape index (κ3) is 8.38. The van der Waals surface area contributed by atoms with Gasteiger partial charge in [-0.25, -0.2) is 9.78 Å². The predicted molar refractivity (Wildman–Crippen MR) is 172 cm³/mol. The molecule has 2 aliphatic rings. The van der Waals surface area contributed by atoms with E-state index in [1.807, 2.05) is 27.1 Å². The fraction of sp³-hybridized carbons (Fsp3) is 0.455. The minimum atomic E-state index is -4.81. The first-order chi connectivity index (χ1) is 21.8. The third-order valence-electron chi connectivity index (χ3n) is 8.29. The summed E-state index contributed by atoms with van der Waals surface area (Å²) in [6, 6.07) is 7.89. The second kappa shape index (κ2) is 13.8. The number of alkyl halides is 3. The summed E-state index contributed by atoms with van der Waals surface area (Å²) in [4.78, 5) is 38.1. The van der Waals surface area contributed by atoms with E-state index in [0.29, 0.717) is 22.8 Å². The Kier molecular flexibility index (Phi) is 9.88. The lowest BCUT2D eigenvalue weighted by atomic mass is 9.90. The molecule has 3 aromatic rings. The number of ether oxygens (including phenoxy) is 1. The van der Waals surface area contributed by atoms with Crippen molar-refractivity contribution in [3.63, 3.8) is 0 Å². The van der Waals surface area contributed by atoms with Crippen molar-refractivity contribution in [2.24, 2.45) is 0 Å². The molecule has 2 aliphatic carbocycles. The standard InChI is InChI=1S/C33H40F3N7O3/c1-19-17-20(2)28(41-32(45)39-23-13-15-24(16-14-23)46-33(34,35)36)26(18-19)30(44)37-21-9-11-22(12-10-21)38-31-40-27-8-6-5-7-25(27)29(42-31)43(3)4/h13-18,21-22H,5-12H2,1-4H3,(H,37,44)(H,38,40,42)(H2,39,41,45). The first kappa shape index (κ1) is 32.8. The van der Waals surface area contributed by atoms with Crippen LogP contribution >= 0.6 is 0 Å². The zero-order valence-electron chi connectivity index (χ0n) is 26.5. The summed E-state index contributed by atoms with van der Waals surface area (Å²) in [5.74, 6) is 0.947. The molecule has 1 saturated carbocycles. The Morgan fingerprint density at radius 1 is 0.913 bits per heavy atom. The summed E-state index contributed by atoms with van der Waals surface area (Å²) in [5, 5.41) is 12.0. The molecule has 10 nitrogen and oxygen atoms in total. The highest BCUT2D eigenvalue weighted by molar-refractivity contribution is 6.07. The van der Waals surface area contributed by atoms with Gasteiger partial charge >= 0.3 is 12.4 Å². The summed E-state index contributed by atoms with van der Waals surface area (Å²) in [7, 11) is 4.02. The number of hydrogen-bond donors (Lipinski definition) is 4. The predicted octanol–water partition coefficient (Wildman–Crippen LogP) is 6.73. The van der Waals surface area contributed by atoms with Crippen LogP contribution in [0, 0.1) is 13.8 Å². The minimum Gasteiger partial charge on any atom is -0.406 e. The SMILES string of the molecule is Cc1cc(C)c(NC(=O)Nc2ccc(OC(F)(F)F)cc2)c(C(=O)NC2CCC(Nc3nc4c(c(N(C)C)n3)CCCC4)CC2)c1. The number of carbonyl (C=O) groups is 2. The smallest absolute Gasteiger partial charge is 0.406 e. The van der Waals surface area contributed by atoms with Crippen molar-refractivity contribution >= 4 is 35.1 Å². The van der Waals surface area contributed by atoms with E-state index in [1.165, 1.54) is 17.7 Å². The number of carbonyl (C=O) groups excluding carboxylic acids is 2. The lowest BCUT2D eigenvalue weighted by molar-refractivity contribution is -0.274. The van der Waals surface area contributed by atoms with Gasteiger partial charge in [-0.3, -0.25) is 4.79 Å². The van der Waals surface area contributed by atoms with Crippen LogP contribution < -0.4 is 30.9 Å². The van der Waals surface area contributed by atoms with Crippen LogP contribution in [0.1, 0.15) is 71.3 Å². The Hall–Kier alpha value is -4.55. The average molecular weight is 640 g/mol. The first-order valence-electron chi connectivity index (χ1n) is 15.5. The Balaban J connectivity index is 1.18. The Morgan fingerprint density at radius 2 is 1.59 bits per heavy atom. The van der Waals surface area contributed by atoms with Gasteiger partial charge in [-0.2, -0.15) is 4.98 Å². The molecule has 1 aromatic heterocycles. The molecule has 13 heteroatoms. The number of benzene rings is 2. The number of amides is 3. The van der Waals surface area contributed by atoms with Gasteiger partial charge in [0.05, 0.1) is 16.9 Å². The molecule has 246 valence electrons. The second-order valence-electron chi connectivity index (χ2n) is 12.2. The fourth-order valence-corrected chi connectivity index (χ4v) is 6.16. The van der Waals surface area contributed by atoms with E-state index in [1.54, 1.807) is 13.0 Å². The summed E-state index contributed by atoms with van der Waals surface area (Å²) >= 11 is 0. The first-order valence-corrected chi connectivity index (χ1v) is 15.5. The highest BCUT2D eigenvalue weighted by atomic mass is 19.4. The van der Waals surface area contributed by atoms with Crippen LogP contribution in [0.3, 0.4) is 0 Å². The maximum absolute atomic E-state index is 13.5. The zero-order valence-corrected chi connectivity index (χ0v) is 26.5. The number of aromatic nitrogens is 2. The summed E-state index contributed by atoms with van der Waals surface area (Å²) < 4.78 is 41.2. The van der Waals surface area contributed by atoms with E-state index in [2.05, 4.69) is 30.9 Å². The van der Waals surface area contributed by atoms with E-state index in [4.69, 9.17) is 9.97 Å². The highest BCUT2D eigenvalue weighted by Gasteiger charge is 2.31. The monoisotopic (exact) mass is 639 g/mol. The van der Waals surface area contributed by atoms with Crippen molar-refractivity contribution in [1.82, 2.24) is 15.3 Å². The van der Waals surface area contributed by atoms with Crippen LogP contribution in [0.2, 0.25) is 0 Å². The van der Waals surface area contributed by atoms with Crippen molar-refractivity contribution in [2.45, 2.75) is 83.7 Å². The molecule has 2 aromatic carbocycles. The summed E-state index contributed by atoms with van der Waals surface area (Å²) in [5.41, 5.74) is 4.89. The lowest BCUT2D eigenvalue weighted by Gasteiger charge is -2.31. The van der Waals surface area contributed by atoms with Crippen LogP contribution in [-0.4, -0.2) is 54.4 Å². The zero-order chi connectivity index (χ0) is 33.0. The van der Waals surface area contributed by atoms with Crippen LogP contribution in [0.25, 0.3) is 0 Å². The van der Waals surface area contributed by atoms with E-state index < -0.39 is 18.1 Å². The van der Waals surface area contributed by atoms with Crippen LogP contribution in [0.4, 0.5) is 41.1 Å². The molecule has 0 saturated heterocycles. The summed E-state index contributed by atoms with van der Waals surface area (Å²) in [6.07, 6.45) is 2.70. The van der Waals surface area contributed by atoms with E-state index in [0.717, 1.165) is 80.6 Å². The highest BCUT2D eigenvalue weighted by Crippen LogP contribution is 2.30. The van der Waals surface area contributed by atoms with Gasteiger partial charge in [0.1, 0.15) is 11.6 Å².